The highest BCUT2D eigenvalue weighted by atomic mass is 16.1. The molecule has 0 spiro atoms. The first-order chi connectivity index (χ1) is 15.4. The number of anilines is 1. The summed E-state index contributed by atoms with van der Waals surface area (Å²) in [5.74, 6) is 1.55. The second kappa shape index (κ2) is 9.39. The van der Waals surface area contributed by atoms with E-state index in [0.29, 0.717) is 5.92 Å². The zero-order valence-electron chi connectivity index (χ0n) is 19.3. The quantitative estimate of drug-likeness (QED) is 0.376. The molecule has 1 N–H and O–H groups in total. The lowest BCUT2D eigenvalue weighted by Gasteiger charge is -2.16. The van der Waals surface area contributed by atoms with Crippen molar-refractivity contribution in [2.45, 2.75) is 46.6 Å². The van der Waals surface area contributed by atoms with E-state index in [0.717, 1.165) is 34.5 Å². The van der Waals surface area contributed by atoms with Crippen molar-refractivity contribution < 1.29 is 4.79 Å². The number of carbonyl (C=O) groups is 1. The largest absolute Gasteiger partial charge is 0.325 e. The lowest BCUT2D eigenvalue weighted by molar-refractivity contribution is -0.116. The molecule has 164 valence electrons. The van der Waals surface area contributed by atoms with E-state index in [1.54, 1.807) is 0 Å². The minimum Gasteiger partial charge on any atom is -0.325 e. The first-order valence-electron chi connectivity index (χ1n) is 11.3. The third kappa shape index (κ3) is 4.91. The van der Waals surface area contributed by atoms with Crippen LogP contribution < -0.4 is 5.32 Å². The minimum atomic E-state index is -0.0560. The van der Waals surface area contributed by atoms with Crippen LogP contribution in [0.3, 0.4) is 0 Å². The molecule has 0 aliphatic carbocycles. The van der Waals surface area contributed by atoms with Crippen molar-refractivity contribution in [1.82, 2.24) is 9.55 Å². The highest BCUT2D eigenvalue weighted by Gasteiger charge is 2.20. The van der Waals surface area contributed by atoms with Gasteiger partial charge in [-0.3, -0.25) is 4.79 Å². The molecule has 4 rings (SSSR count). The van der Waals surface area contributed by atoms with Crippen molar-refractivity contribution in [3.63, 3.8) is 0 Å². The molecule has 0 saturated carbocycles. The van der Waals surface area contributed by atoms with Crippen molar-refractivity contribution in [3.8, 4) is 0 Å². The molecule has 0 saturated heterocycles. The van der Waals surface area contributed by atoms with Crippen LogP contribution in [0.5, 0.6) is 0 Å². The summed E-state index contributed by atoms with van der Waals surface area (Å²) in [6, 6.07) is 24.7. The Morgan fingerprint density at radius 1 is 0.969 bits per heavy atom. The number of nitrogens with zero attached hydrogens (tertiary/aromatic N) is 2. The van der Waals surface area contributed by atoms with Gasteiger partial charge in [-0.15, -0.1) is 0 Å². The number of aromatic nitrogens is 2. The molecule has 0 fully saturated rings. The van der Waals surface area contributed by atoms with Gasteiger partial charge in [-0.2, -0.15) is 0 Å². The average molecular weight is 426 g/mol. The Hall–Kier alpha value is -3.40. The Morgan fingerprint density at radius 2 is 1.72 bits per heavy atom. The molecule has 0 bridgehead atoms. The molecule has 32 heavy (non-hydrogen) atoms. The van der Waals surface area contributed by atoms with Crippen LogP contribution in [-0.2, 0) is 17.8 Å². The van der Waals surface area contributed by atoms with Crippen LogP contribution in [0, 0.1) is 12.8 Å². The number of benzene rings is 3. The molecule has 0 radical (unpaired) electrons. The van der Waals surface area contributed by atoms with Gasteiger partial charge in [-0.25, -0.2) is 4.98 Å². The molecular weight excluding hydrogens is 394 g/mol. The molecule has 3 aromatic carbocycles. The number of aryl methyl sites for hydroxylation is 1. The van der Waals surface area contributed by atoms with Crippen LogP contribution in [0.15, 0.2) is 72.8 Å². The van der Waals surface area contributed by atoms with Gasteiger partial charge >= 0.3 is 0 Å². The molecule has 1 atom stereocenters. The molecule has 1 amide bonds. The molecular formula is C28H31N3O. The summed E-state index contributed by atoms with van der Waals surface area (Å²) < 4.78 is 2.05. The van der Waals surface area contributed by atoms with Gasteiger partial charge < -0.3 is 9.88 Å². The summed E-state index contributed by atoms with van der Waals surface area (Å²) in [4.78, 5) is 17.9. The maximum absolute atomic E-state index is 12.9. The predicted octanol–water partition coefficient (Wildman–Crippen LogP) is 6.33. The fraction of sp³-hybridized carbons (Fsp3) is 0.286. The number of carbonyl (C=O) groups excluding carboxylic acids is 1. The first kappa shape index (κ1) is 21.8. The molecule has 4 nitrogen and oxygen atoms in total. The van der Waals surface area contributed by atoms with Crippen LogP contribution in [0.4, 0.5) is 5.69 Å². The number of rotatable bonds is 7. The predicted molar refractivity (Wildman–Crippen MR) is 132 cm³/mol. The highest BCUT2D eigenvalue weighted by molar-refractivity contribution is 5.91. The van der Waals surface area contributed by atoms with Crippen molar-refractivity contribution in [2.75, 3.05) is 5.32 Å². The van der Waals surface area contributed by atoms with Gasteiger partial charge in [-0.05, 0) is 60.2 Å². The zero-order chi connectivity index (χ0) is 22.7. The second-order valence-electron chi connectivity index (χ2n) is 9.02. The molecule has 4 heteroatoms. The topological polar surface area (TPSA) is 46.9 Å². The van der Waals surface area contributed by atoms with Gasteiger partial charge in [0.1, 0.15) is 12.4 Å². The summed E-state index contributed by atoms with van der Waals surface area (Å²) in [6.07, 6.45) is 1.08. The van der Waals surface area contributed by atoms with E-state index in [9.17, 15) is 4.79 Å². The Kier molecular flexibility index (Phi) is 6.40. The van der Waals surface area contributed by atoms with Crippen LogP contribution in [0.25, 0.3) is 11.0 Å². The standard InChI is InChI=1S/C28H31N3O/c1-19(2)16-22-12-14-23(15-13-22)21(4)28-30-25-10-5-6-11-26(25)31(28)18-27(32)29-24-9-7-8-20(3)17-24/h5-15,17,19,21H,16,18H2,1-4H3,(H,29,32). The summed E-state index contributed by atoms with van der Waals surface area (Å²) in [5, 5.41) is 3.03. The van der Waals surface area contributed by atoms with Gasteiger partial charge in [0.25, 0.3) is 0 Å². The maximum Gasteiger partial charge on any atom is 0.244 e. The Morgan fingerprint density at radius 3 is 2.44 bits per heavy atom. The van der Waals surface area contributed by atoms with Gasteiger partial charge in [0, 0.05) is 11.6 Å². The van der Waals surface area contributed by atoms with Crippen molar-refractivity contribution in [3.05, 3.63) is 95.3 Å². The summed E-state index contributed by atoms with van der Waals surface area (Å²) in [7, 11) is 0. The Bertz CT molecular complexity index is 1220. The monoisotopic (exact) mass is 425 g/mol. The molecule has 0 aliphatic heterocycles. The number of para-hydroxylation sites is 2. The summed E-state index contributed by atoms with van der Waals surface area (Å²) in [5.41, 5.74) is 6.37. The zero-order valence-corrected chi connectivity index (χ0v) is 19.3. The van der Waals surface area contributed by atoms with E-state index in [4.69, 9.17) is 4.98 Å². The van der Waals surface area contributed by atoms with Crippen LogP contribution in [-0.4, -0.2) is 15.5 Å². The van der Waals surface area contributed by atoms with Crippen molar-refractivity contribution >= 4 is 22.6 Å². The highest BCUT2D eigenvalue weighted by Crippen LogP contribution is 2.28. The molecule has 1 aromatic heterocycles. The van der Waals surface area contributed by atoms with E-state index in [1.165, 1.54) is 11.1 Å². The Balaban J connectivity index is 1.63. The van der Waals surface area contributed by atoms with Gasteiger partial charge in [0.05, 0.1) is 11.0 Å². The van der Waals surface area contributed by atoms with Gasteiger partial charge in [0.2, 0.25) is 5.91 Å². The fourth-order valence-electron chi connectivity index (χ4n) is 4.22. The van der Waals surface area contributed by atoms with E-state index in [-0.39, 0.29) is 18.4 Å². The average Bonchev–Trinajstić information content (AvgIpc) is 3.12. The second-order valence-corrected chi connectivity index (χ2v) is 9.02. The molecule has 1 unspecified atom stereocenters. The lowest BCUT2D eigenvalue weighted by Crippen LogP contribution is -2.21. The van der Waals surface area contributed by atoms with Crippen LogP contribution in [0.1, 0.15) is 49.2 Å². The summed E-state index contributed by atoms with van der Waals surface area (Å²) >= 11 is 0. The van der Waals surface area contributed by atoms with Crippen LogP contribution >= 0.6 is 0 Å². The molecule has 0 aliphatic rings. The van der Waals surface area contributed by atoms with Crippen molar-refractivity contribution in [1.29, 1.82) is 0 Å². The number of hydrogen-bond acceptors (Lipinski definition) is 2. The van der Waals surface area contributed by atoms with E-state index in [2.05, 4.69) is 50.4 Å². The molecule has 1 heterocycles. The van der Waals surface area contributed by atoms with Crippen molar-refractivity contribution in [2.24, 2.45) is 5.92 Å². The van der Waals surface area contributed by atoms with Gasteiger partial charge in [-0.1, -0.05) is 69.3 Å². The third-order valence-electron chi connectivity index (χ3n) is 5.80. The molecule has 4 aromatic rings. The Labute approximate surface area is 190 Å². The number of imidazole rings is 1. The first-order valence-corrected chi connectivity index (χ1v) is 11.3. The minimum absolute atomic E-state index is 0.0560. The lowest BCUT2D eigenvalue weighted by atomic mass is 9.96. The SMILES string of the molecule is Cc1cccc(NC(=O)Cn2c(C(C)c3ccc(CC(C)C)cc3)nc3ccccc32)c1. The van der Waals surface area contributed by atoms with Gasteiger partial charge in [0.15, 0.2) is 0 Å². The van der Waals surface area contributed by atoms with E-state index >= 15 is 0 Å². The number of fused-ring (bicyclic) bond motifs is 1. The fourth-order valence-corrected chi connectivity index (χ4v) is 4.22. The number of nitrogens with one attached hydrogen (secondary N) is 1. The normalized spacial score (nSPS) is 12.3. The number of hydrogen-bond donors (Lipinski definition) is 1. The smallest absolute Gasteiger partial charge is 0.244 e. The van der Waals surface area contributed by atoms with E-state index in [1.807, 2.05) is 60.0 Å². The van der Waals surface area contributed by atoms with E-state index < -0.39 is 0 Å². The maximum atomic E-state index is 12.9. The summed E-state index contributed by atoms with van der Waals surface area (Å²) in [6.45, 7) is 8.87. The third-order valence-corrected chi connectivity index (χ3v) is 5.80. The number of amides is 1. The van der Waals surface area contributed by atoms with Crippen LogP contribution in [0.2, 0.25) is 0 Å².